The van der Waals surface area contributed by atoms with Crippen LogP contribution in [0.25, 0.3) is 0 Å². The van der Waals surface area contributed by atoms with E-state index in [0.29, 0.717) is 6.54 Å². The lowest BCUT2D eigenvalue weighted by Crippen LogP contribution is -2.52. The molecule has 0 spiro atoms. The van der Waals surface area contributed by atoms with E-state index in [-0.39, 0.29) is 18.4 Å². The maximum absolute atomic E-state index is 12.0. The van der Waals surface area contributed by atoms with Crippen molar-refractivity contribution >= 4 is 23.2 Å². The number of morpholine rings is 1. The van der Waals surface area contributed by atoms with Crippen molar-refractivity contribution in [2.45, 2.75) is 26.0 Å². The number of thiophene rings is 1. The topological polar surface area (TPSA) is 66.8 Å². The van der Waals surface area contributed by atoms with Gasteiger partial charge in [-0.05, 0) is 17.4 Å². The Morgan fingerprint density at radius 3 is 2.89 bits per heavy atom. The van der Waals surface area contributed by atoms with E-state index in [1.54, 1.807) is 4.90 Å². The molecule has 0 bridgehead atoms. The van der Waals surface area contributed by atoms with Gasteiger partial charge in [-0.25, -0.2) is 4.79 Å². The Balaban J connectivity index is 2.35. The van der Waals surface area contributed by atoms with Gasteiger partial charge in [0.1, 0.15) is 12.6 Å². The number of carbonyl (C=O) groups is 2. The Labute approximate surface area is 115 Å². The highest BCUT2D eigenvalue weighted by Gasteiger charge is 2.42. The summed E-state index contributed by atoms with van der Waals surface area (Å²) in [4.78, 5) is 25.8. The van der Waals surface area contributed by atoms with Crippen molar-refractivity contribution < 1.29 is 19.4 Å². The van der Waals surface area contributed by atoms with Crippen LogP contribution in [0, 0.1) is 5.92 Å². The summed E-state index contributed by atoms with van der Waals surface area (Å²) in [6.45, 7) is 4.38. The fourth-order valence-corrected chi connectivity index (χ4v) is 3.09. The van der Waals surface area contributed by atoms with E-state index < -0.39 is 18.1 Å². The van der Waals surface area contributed by atoms with Crippen LogP contribution in [0.15, 0.2) is 17.5 Å². The number of amides is 1. The van der Waals surface area contributed by atoms with E-state index in [9.17, 15) is 14.7 Å². The van der Waals surface area contributed by atoms with Crippen LogP contribution in [-0.4, -0.2) is 41.1 Å². The number of carboxylic acid groups (broad SMARTS) is 1. The molecule has 1 aliphatic heterocycles. The third-order valence-corrected chi connectivity index (χ3v) is 3.91. The number of hydrogen-bond acceptors (Lipinski definition) is 4. The van der Waals surface area contributed by atoms with Gasteiger partial charge in [0.05, 0.1) is 0 Å². The van der Waals surface area contributed by atoms with Gasteiger partial charge in [0.25, 0.3) is 0 Å². The molecule has 1 fully saturated rings. The molecule has 2 unspecified atom stereocenters. The Morgan fingerprint density at radius 1 is 1.63 bits per heavy atom. The minimum absolute atomic E-state index is 0.149. The Morgan fingerprint density at radius 2 is 2.37 bits per heavy atom. The lowest BCUT2D eigenvalue weighted by Gasteiger charge is -2.39. The van der Waals surface area contributed by atoms with Crippen LogP contribution in [0.5, 0.6) is 0 Å². The molecule has 0 saturated carbocycles. The van der Waals surface area contributed by atoms with Crippen LogP contribution in [0.4, 0.5) is 0 Å². The first-order chi connectivity index (χ1) is 9.00. The predicted octanol–water partition coefficient (Wildman–Crippen LogP) is 1.76. The van der Waals surface area contributed by atoms with Crippen LogP contribution in [0.2, 0.25) is 0 Å². The molecule has 1 amide bonds. The second-order valence-electron chi connectivity index (χ2n) is 4.97. The SMILES string of the molecule is CC(C)CN1C(=O)COC(C(=O)O)C1c1cccs1. The van der Waals surface area contributed by atoms with Gasteiger partial charge >= 0.3 is 5.97 Å². The smallest absolute Gasteiger partial charge is 0.335 e. The van der Waals surface area contributed by atoms with Crippen molar-refractivity contribution in [1.82, 2.24) is 4.90 Å². The molecule has 2 atom stereocenters. The normalized spacial score (nSPS) is 23.9. The molecule has 2 rings (SSSR count). The summed E-state index contributed by atoms with van der Waals surface area (Å²) >= 11 is 1.45. The summed E-state index contributed by atoms with van der Waals surface area (Å²) in [6, 6.07) is 3.17. The monoisotopic (exact) mass is 283 g/mol. The minimum Gasteiger partial charge on any atom is -0.479 e. The third-order valence-electron chi connectivity index (χ3n) is 2.97. The van der Waals surface area contributed by atoms with Crippen molar-refractivity contribution in [2.75, 3.05) is 13.2 Å². The summed E-state index contributed by atoms with van der Waals surface area (Å²) in [6.07, 6.45) is -0.991. The number of aliphatic carboxylic acids is 1. The van der Waals surface area contributed by atoms with Crippen LogP contribution >= 0.6 is 11.3 Å². The molecule has 1 aromatic heterocycles. The average Bonchev–Trinajstić information content (AvgIpc) is 2.84. The van der Waals surface area contributed by atoms with Crippen LogP contribution in [-0.2, 0) is 14.3 Å². The number of rotatable bonds is 4. The Bertz CT molecular complexity index is 457. The van der Waals surface area contributed by atoms with Crippen molar-refractivity contribution in [3.8, 4) is 0 Å². The number of carboxylic acids is 1. The fraction of sp³-hybridized carbons (Fsp3) is 0.538. The maximum Gasteiger partial charge on any atom is 0.335 e. The first-order valence-electron chi connectivity index (χ1n) is 6.18. The van der Waals surface area contributed by atoms with E-state index in [1.807, 2.05) is 31.4 Å². The molecule has 6 heteroatoms. The highest BCUT2D eigenvalue weighted by Crippen LogP contribution is 2.33. The molecule has 1 aromatic rings. The number of carbonyl (C=O) groups excluding carboxylic acids is 1. The second-order valence-corrected chi connectivity index (χ2v) is 5.95. The molecule has 19 heavy (non-hydrogen) atoms. The summed E-state index contributed by atoms with van der Waals surface area (Å²) in [7, 11) is 0. The zero-order valence-corrected chi connectivity index (χ0v) is 11.7. The highest BCUT2D eigenvalue weighted by atomic mass is 32.1. The molecule has 1 saturated heterocycles. The second kappa shape index (κ2) is 5.71. The molecule has 1 aliphatic rings. The van der Waals surface area contributed by atoms with E-state index in [1.165, 1.54) is 11.3 Å². The first-order valence-corrected chi connectivity index (χ1v) is 7.06. The lowest BCUT2D eigenvalue weighted by atomic mass is 10.0. The molecule has 0 aromatic carbocycles. The van der Waals surface area contributed by atoms with Crippen LogP contribution < -0.4 is 0 Å². The van der Waals surface area contributed by atoms with Gasteiger partial charge in [-0.1, -0.05) is 19.9 Å². The van der Waals surface area contributed by atoms with Crippen LogP contribution in [0.1, 0.15) is 24.8 Å². The average molecular weight is 283 g/mol. The van der Waals surface area contributed by atoms with Crippen molar-refractivity contribution in [3.63, 3.8) is 0 Å². The number of nitrogens with zero attached hydrogens (tertiary/aromatic N) is 1. The molecule has 2 heterocycles. The van der Waals surface area contributed by atoms with Gasteiger partial charge in [0, 0.05) is 11.4 Å². The Kier molecular flexibility index (Phi) is 4.21. The van der Waals surface area contributed by atoms with Crippen molar-refractivity contribution in [2.24, 2.45) is 5.92 Å². The molecule has 0 aliphatic carbocycles. The number of hydrogen-bond donors (Lipinski definition) is 1. The van der Waals surface area contributed by atoms with E-state index in [2.05, 4.69) is 0 Å². The minimum atomic E-state index is -1.03. The molecule has 0 radical (unpaired) electrons. The predicted molar refractivity (Wildman–Crippen MR) is 71.0 cm³/mol. The first kappa shape index (κ1) is 14.0. The zero-order chi connectivity index (χ0) is 14.0. The molecule has 5 nitrogen and oxygen atoms in total. The molecule has 1 N–H and O–H groups in total. The highest BCUT2D eigenvalue weighted by molar-refractivity contribution is 7.10. The van der Waals surface area contributed by atoms with E-state index in [4.69, 9.17) is 4.74 Å². The quantitative estimate of drug-likeness (QED) is 0.914. The van der Waals surface area contributed by atoms with Crippen LogP contribution in [0.3, 0.4) is 0 Å². The van der Waals surface area contributed by atoms with E-state index in [0.717, 1.165) is 4.88 Å². The van der Waals surface area contributed by atoms with Gasteiger partial charge in [-0.15, -0.1) is 11.3 Å². The summed E-state index contributed by atoms with van der Waals surface area (Å²) in [5, 5.41) is 11.2. The largest absolute Gasteiger partial charge is 0.479 e. The zero-order valence-electron chi connectivity index (χ0n) is 10.9. The lowest BCUT2D eigenvalue weighted by molar-refractivity contribution is -0.173. The van der Waals surface area contributed by atoms with Crippen molar-refractivity contribution in [1.29, 1.82) is 0 Å². The van der Waals surface area contributed by atoms with Gasteiger partial charge in [0.2, 0.25) is 5.91 Å². The Hall–Kier alpha value is -1.40. The molecular formula is C13H17NO4S. The standard InChI is InChI=1S/C13H17NO4S/c1-8(2)6-14-10(15)7-18-12(13(16)17)11(14)9-4-3-5-19-9/h3-5,8,11-12H,6-7H2,1-2H3,(H,16,17). The van der Waals surface area contributed by atoms with Gasteiger partial charge < -0.3 is 14.7 Å². The molecule has 104 valence electrons. The third kappa shape index (κ3) is 2.96. The fourth-order valence-electron chi connectivity index (χ4n) is 2.23. The van der Waals surface area contributed by atoms with Crippen molar-refractivity contribution in [3.05, 3.63) is 22.4 Å². The van der Waals surface area contributed by atoms with Gasteiger partial charge in [-0.3, -0.25) is 4.79 Å². The molecular weight excluding hydrogens is 266 g/mol. The summed E-state index contributed by atoms with van der Waals surface area (Å²) in [5.41, 5.74) is 0. The summed E-state index contributed by atoms with van der Waals surface area (Å²) in [5.74, 6) is -0.900. The number of ether oxygens (including phenoxy) is 1. The van der Waals surface area contributed by atoms with Gasteiger partial charge in [-0.2, -0.15) is 0 Å². The van der Waals surface area contributed by atoms with Gasteiger partial charge in [0.15, 0.2) is 6.10 Å². The van der Waals surface area contributed by atoms with E-state index >= 15 is 0 Å². The maximum atomic E-state index is 12.0. The summed E-state index contributed by atoms with van der Waals surface area (Å²) < 4.78 is 5.22.